The lowest BCUT2D eigenvalue weighted by atomic mass is 10.1. The van der Waals surface area contributed by atoms with Crippen molar-refractivity contribution < 1.29 is 19.1 Å². The molecule has 0 spiro atoms. The summed E-state index contributed by atoms with van der Waals surface area (Å²) >= 11 is 5.90. The summed E-state index contributed by atoms with van der Waals surface area (Å²) in [5.41, 5.74) is 0.192. The quantitative estimate of drug-likeness (QED) is 0.517. The predicted molar refractivity (Wildman–Crippen MR) is 62.9 cm³/mol. The van der Waals surface area contributed by atoms with Gasteiger partial charge in [0.1, 0.15) is 0 Å². The molecule has 0 atom stereocenters. The van der Waals surface area contributed by atoms with Crippen molar-refractivity contribution in [2.75, 3.05) is 0 Å². The zero-order valence-corrected chi connectivity index (χ0v) is 10.9. The number of carboxylic acid groups (broad SMARTS) is 1. The van der Waals surface area contributed by atoms with Gasteiger partial charge < -0.3 is 5.11 Å². The van der Waals surface area contributed by atoms with Crippen molar-refractivity contribution in [2.24, 2.45) is 0 Å². The van der Waals surface area contributed by atoms with E-state index in [0.29, 0.717) is 0 Å². The molecule has 0 aliphatic carbocycles. The van der Waals surface area contributed by atoms with Gasteiger partial charge in [0.25, 0.3) is 0 Å². The van der Waals surface area contributed by atoms with Crippen LogP contribution in [0.5, 0.6) is 0 Å². The van der Waals surface area contributed by atoms with Gasteiger partial charge in [0.15, 0.2) is 11.6 Å². The minimum absolute atomic E-state index is 0.133. The molecule has 16 heavy (non-hydrogen) atoms. The summed E-state index contributed by atoms with van der Waals surface area (Å²) in [7, 11) is 0. The molecule has 0 radical (unpaired) electrons. The van der Waals surface area contributed by atoms with Gasteiger partial charge in [-0.25, -0.2) is 9.18 Å². The Balaban J connectivity index is 3.06. The molecule has 0 fully saturated rings. The third-order valence-electron chi connectivity index (χ3n) is 1.65. The fraction of sp³-hybridized carbons (Fsp3) is 0. The van der Waals surface area contributed by atoms with Crippen LogP contribution >= 0.6 is 31.9 Å². The van der Waals surface area contributed by atoms with Gasteiger partial charge in [0.05, 0.1) is 8.95 Å². The lowest BCUT2D eigenvalue weighted by molar-refractivity contribution is -0.131. The Labute approximate surface area is 107 Å². The largest absolute Gasteiger partial charge is 0.478 e. The van der Waals surface area contributed by atoms with Crippen molar-refractivity contribution in [3.8, 4) is 0 Å². The average Bonchev–Trinajstić information content (AvgIpc) is 2.21. The van der Waals surface area contributed by atoms with Crippen molar-refractivity contribution in [2.45, 2.75) is 0 Å². The molecule has 84 valence electrons. The summed E-state index contributed by atoms with van der Waals surface area (Å²) in [6.45, 7) is 0. The van der Waals surface area contributed by atoms with Crippen LogP contribution in [0.1, 0.15) is 10.4 Å². The first-order valence-corrected chi connectivity index (χ1v) is 5.60. The first-order chi connectivity index (χ1) is 7.41. The Bertz CT molecular complexity index is 460. The molecule has 1 aromatic rings. The third-order valence-corrected chi connectivity index (χ3v) is 2.80. The standard InChI is InChI=1S/C10H5Br2FO3/c11-6-3-5(4-7(12)10(6)13)8(14)1-2-9(15)16/h1-4H,(H,15,16)/b2-1+. The number of rotatable bonds is 3. The lowest BCUT2D eigenvalue weighted by Gasteiger charge is -2.01. The van der Waals surface area contributed by atoms with E-state index in [2.05, 4.69) is 31.9 Å². The van der Waals surface area contributed by atoms with E-state index in [1.165, 1.54) is 12.1 Å². The first-order valence-electron chi connectivity index (χ1n) is 4.01. The average molecular weight is 352 g/mol. The van der Waals surface area contributed by atoms with Gasteiger partial charge >= 0.3 is 5.97 Å². The topological polar surface area (TPSA) is 54.4 Å². The SMILES string of the molecule is O=C(O)/C=C/C(=O)c1cc(Br)c(F)c(Br)c1. The summed E-state index contributed by atoms with van der Waals surface area (Å²) < 4.78 is 13.4. The van der Waals surface area contributed by atoms with Gasteiger partial charge in [0.2, 0.25) is 0 Å². The van der Waals surface area contributed by atoms with Crippen LogP contribution in [-0.4, -0.2) is 16.9 Å². The van der Waals surface area contributed by atoms with Crippen LogP contribution < -0.4 is 0 Å². The number of aliphatic carboxylic acids is 1. The Morgan fingerprint density at radius 3 is 2.12 bits per heavy atom. The normalized spacial score (nSPS) is 10.7. The van der Waals surface area contributed by atoms with E-state index in [1.807, 2.05) is 0 Å². The number of carbonyl (C=O) groups is 2. The second-order valence-corrected chi connectivity index (χ2v) is 4.50. The highest BCUT2D eigenvalue weighted by atomic mass is 79.9. The molecule has 0 unspecified atom stereocenters. The molecule has 1 aromatic carbocycles. The molecule has 0 aliphatic heterocycles. The molecule has 1 rings (SSSR count). The number of carboxylic acids is 1. The highest BCUT2D eigenvalue weighted by Gasteiger charge is 2.10. The minimum atomic E-state index is -1.21. The molecular formula is C10H5Br2FO3. The number of carbonyl (C=O) groups excluding carboxylic acids is 1. The van der Waals surface area contributed by atoms with Crippen LogP contribution in [0, 0.1) is 5.82 Å². The van der Waals surface area contributed by atoms with Gasteiger partial charge in [-0.1, -0.05) is 0 Å². The van der Waals surface area contributed by atoms with E-state index < -0.39 is 17.6 Å². The zero-order valence-electron chi connectivity index (χ0n) is 7.71. The highest BCUT2D eigenvalue weighted by molar-refractivity contribution is 9.11. The van der Waals surface area contributed by atoms with Crippen LogP contribution in [0.2, 0.25) is 0 Å². The smallest absolute Gasteiger partial charge is 0.328 e. The summed E-state index contributed by atoms with van der Waals surface area (Å²) in [5.74, 6) is -2.24. The minimum Gasteiger partial charge on any atom is -0.478 e. The molecule has 1 N–H and O–H groups in total. The number of halogens is 3. The molecular weight excluding hydrogens is 347 g/mol. The van der Waals surface area contributed by atoms with E-state index in [-0.39, 0.29) is 14.5 Å². The molecule has 0 aromatic heterocycles. The number of benzene rings is 1. The van der Waals surface area contributed by atoms with E-state index in [0.717, 1.165) is 12.2 Å². The predicted octanol–water partition coefficient (Wildman–Crippen LogP) is 3.17. The van der Waals surface area contributed by atoms with Crippen molar-refractivity contribution in [3.63, 3.8) is 0 Å². The third kappa shape index (κ3) is 3.24. The van der Waals surface area contributed by atoms with E-state index >= 15 is 0 Å². The molecule has 0 bridgehead atoms. The number of hydrogen-bond acceptors (Lipinski definition) is 2. The fourth-order valence-corrected chi connectivity index (χ4v) is 2.13. The molecule has 0 heterocycles. The molecule has 0 aliphatic rings. The Morgan fingerprint density at radius 2 is 1.69 bits per heavy atom. The summed E-state index contributed by atoms with van der Waals surface area (Å²) in [4.78, 5) is 21.7. The van der Waals surface area contributed by atoms with Crippen LogP contribution in [-0.2, 0) is 4.79 Å². The Morgan fingerprint density at radius 1 is 1.19 bits per heavy atom. The fourth-order valence-electron chi connectivity index (χ4n) is 0.941. The van der Waals surface area contributed by atoms with Gasteiger partial charge in [-0.05, 0) is 50.1 Å². The van der Waals surface area contributed by atoms with Gasteiger partial charge in [-0.15, -0.1) is 0 Å². The van der Waals surface area contributed by atoms with E-state index in [9.17, 15) is 14.0 Å². The zero-order chi connectivity index (χ0) is 12.3. The van der Waals surface area contributed by atoms with Crippen LogP contribution in [0.4, 0.5) is 4.39 Å². The van der Waals surface area contributed by atoms with Crippen molar-refractivity contribution in [1.82, 2.24) is 0 Å². The maximum absolute atomic E-state index is 13.2. The van der Waals surface area contributed by atoms with Crippen LogP contribution in [0.3, 0.4) is 0 Å². The Kier molecular flexibility index (Phi) is 4.37. The van der Waals surface area contributed by atoms with E-state index in [1.54, 1.807) is 0 Å². The monoisotopic (exact) mass is 350 g/mol. The lowest BCUT2D eigenvalue weighted by Crippen LogP contribution is -1.98. The number of hydrogen-bond donors (Lipinski definition) is 1. The number of allylic oxidation sites excluding steroid dienone is 1. The second-order valence-electron chi connectivity index (χ2n) is 2.79. The molecule has 6 heteroatoms. The maximum atomic E-state index is 13.2. The highest BCUT2D eigenvalue weighted by Crippen LogP contribution is 2.25. The number of ketones is 1. The molecule has 0 saturated heterocycles. The summed E-state index contributed by atoms with van der Waals surface area (Å²) in [5, 5.41) is 8.35. The molecule has 0 amide bonds. The van der Waals surface area contributed by atoms with Crippen LogP contribution in [0.25, 0.3) is 0 Å². The van der Waals surface area contributed by atoms with E-state index in [4.69, 9.17) is 5.11 Å². The van der Waals surface area contributed by atoms with Gasteiger partial charge in [-0.3, -0.25) is 4.79 Å². The first kappa shape index (κ1) is 13.1. The maximum Gasteiger partial charge on any atom is 0.328 e. The molecule has 3 nitrogen and oxygen atoms in total. The second kappa shape index (κ2) is 5.36. The van der Waals surface area contributed by atoms with Gasteiger partial charge in [0, 0.05) is 11.6 Å². The van der Waals surface area contributed by atoms with Crippen molar-refractivity contribution >= 4 is 43.6 Å². The van der Waals surface area contributed by atoms with Gasteiger partial charge in [-0.2, -0.15) is 0 Å². The Hall–Kier alpha value is -1.01. The summed E-state index contributed by atoms with van der Waals surface area (Å²) in [6, 6.07) is 2.57. The summed E-state index contributed by atoms with van der Waals surface area (Å²) in [6.07, 6.45) is 1.64. The molecule has 0 saturated carbocycles. The van der Waals surface area contributed by atoms with Crippen molar-refractivity contribution in [1.29, 1.82) is 0 Å². The van der Waals surface area contributed by atoms with Crippen molar-refractivity contribution in [3.05, 3.63) is 44.6 Å². The van der Waals surface area contributed by atoms with Crippen LogP contribution in [0.15, 0.2) is 33.2 Å².